The average molecular weight is 295 g/mol. The minimum atomic E-state index is -1.01. The summed E-state index contributed by atoms with van der Waals surface area (Å²) in [5, 5.41) is 25.2. The van der Waals surface area contributed by atoms with Gasteiger partial charge in [-0.2, -0.15) is 0 Å². The van der Waals surface area contributed by atoms with Gasteiger partial charge in [0.15, 0.2) is 0 Å². The number of carboxylic acid groups (broad SMARTS) is 1. The number of hydrogen-bond donors (Lipinski definition) is 3. The van der Waals surface area contributed by atoms with E-state index < -0.39 is 22.9 Å². The second kappa shape index (κ2) is 6.69. The first-order chi connectivity index (χ1) is 9.77. The molecule has 0 aliphatic rings. The van der Waals surface area contributed by atoms with Crippen LogP contribution in [0.4, 0.5) is 11.4 Å². The number of nitrogens with one attached hydrogen (secondary N) is 2. The van der Waals surface area contributed by atoms with E-state index >= 15 is 0 Å². The molecule has 0 bridgehead atoms. The monoisotopic (exact) mass is 295 g/mol. The molecule has 2 unspecified atom stereocenters. The Morgan fingerprint density at radius 1 is 1.33 bits per heavy atom. The van der Waals surface area contributed by atoms with Crippen LogP contribution in [-0.2, 0) is 4.79 Å². The van der Waals surface area contributed by atoms with Crippen LogP contribution < -0.4 is 10.6 Å². The van der Waals surface area contributed by atoms with Crippen molar-refractivity contribution in [1.82, 2.24) is 5.32 Å². The first kappa shape index (κ1) is 16.4. The third kappa shape index (κ3) is 3.91. The van der Waals surface area contributed by atoms with Gasteiger partial charge in [0.1, 0.15) is 5.69 Å². The molecular formula is C13H17N3O5. The van der Waals surface area contributed by atoms with Crippen LogP contribution in [-0.4, -0.2) is 35.0 Å². The normalized spacial score (nSPS) is 13.1. The highest BCUT2D eigenvalue weighted by molar-refractivity contribution is 5.95. The lowest BCUT2D eigenvalue weighted by Crippen LogP contribution is -2.30. The highest BCUT2D eigenvalue weighted by Gasteiger charge is 2.23. The van der Waals surface area contributed by atoms with Crippen LogP contribution in [0.25, 0.3) is 0 Å². The molecule has 0 saturated heterocycles. The van der Waals surface area contributed by atoms with Crippen LogP contribution in [0.5, 0.6) is 0 Å². The number of benzene rings is 1. The van der Waals surface area contributed by atoms with Gasteiger partial charge in [-0.05, 0) is 26.0 Å². The van der Waals surface area contributed by atoms with E-state index in [-0.39, 0.29) is 22.8 Å². The molecule has 8 nitrogen and oxygen atoms in total. The Balaban J connectivity index is 3.15. The number of nitrogens with zero attached hydrogens (tertiary/aromatic N) is 1. The number of rotatable bonds is 6. The topological polar surface area (TPSA) is 122 Å². The van der Waals surface area contributed by atoms with Crippen molar-refractivity contribution in [3.63, 3.8) is 0 Å². The van der Waals surface area contributed by atoms with Crippen molar-refractivity contribution in [3.8, 4) is 0 Å². The molecule has 0 spiro atoms. The summed E-state index contributed by atoms with van der Waals surface area (Å²) in [5.41, 5.74) is 0.148. The Labute approximate surface area is 121 Å². The standard InChI is InChI=1S/C13H17N3O5/c1-7(13(18)19)8(2)15-10-6-9(12(17)14-3)4-5-11(10)16(20)21/h4-8,15H,1-3H3,(H,14,17)(H,18,19). The van der Waals surface area contributed by atoms with Gasteiger partial charge in [-0.25, -0.2) is 0 Å². The number of anilines is 1. The molecule has 0 aliphatic heterocycles. The minimum absolute atomic E-state index is 0.113. The summed E-state index contributed by atoms with van der Waals surface area (Å²) in [6.07, 6.45) is 0. The zero-order valence-corrected chi connectivity index (χ0v) is 11.9. The van der Waals surface area contributed by atoms with E-state index in [4.69, 9.17) is 5.11 Å². The summed E-state index contributed by atoms with van der Waals surface area (Å²) in [6.45, 7) is 3.10. The van der Waals surface area contributed by atoms with E-state index in [1.165, 1.54) is 32.2 Å². The second-order valence-corrected chi connectivity index (χ2v) is 4.63. The SMILES string of the molecule is CNC(=O)c1ccc([N+](=O)[O-])c(NC(C)C(C)C(=O)O)c1. The lowest BCUT2D eigenvalue weighted by atomic mass is 10.0. The molecule has 3 N–H and O–H groups in total. The Hall–Kier alpha value is -2.64. The summed E-state index contributed by atoms with van der Waals surface area (Å²) in [6, 6.07) is 3.35. The number of carbonyl (C=O) groups excluding carboxylic acids is 1. The quantitative estimate of drug-likeness (QED) is 0.539. The van der Waals surface area contributed by atoms with Crippen molar-refractivity contribution in [3.05, 3.63) is 33.9 Å². The molecule has 1 rings (SSSR count). The molecule has 1 aromatic carbocycles. The van der Waals surface area contributed by atoms with Crippen molar-refractivity contribution >= 4 is 23.3 Å². The van der Waals surface area contributed by atoms with Gasteiger partial charge >= 0.3 is 5.97 Å². The number of nitro groups is 1. The summed E-state index contributed by atoms with van der Waals surface area (Å²) >= 11 is 0. The van der Waals surface area contributed by atoms with Crippen LogP contribution >= 0.6 is 0 Å². The Bertz CT molecular complexity index is 573. The molecule has 0 aromatic heterocycles. The highest BCUT2D eigenvalue weighted by atomic mass is 16.6. The molecule has 21 heavy (non-hydrogen) atoms. The van der Waals surface area contributed by atoms with Crippen LogP contribution in [0.3, 0.4) is 0 Å². The van der Waals surface area contributed by atoms with E-state index in [1.807, 2.05) is 0 Å². The molecule has 0 saturated carbocycles. The zero-order valence-electron chi connectivity index (χ0n) is 11.9. The third-order valence-corrected chi connectivity index (χ3v) is 3.21. The maximum atomic E-state index is 11.6. The highest BCUT2D eigenvalue weighted by Crippen LogP contribution is 2.27. The largest absolute Gasteiger partial charge is 0.481 e. The van der Waals surface area contributed by atoms with Crippen molar-refractivity contribution in [2.75, 3.05) is 12.4 Å². The molecule has 1 amide bonds. The Morgan fingerprint density at radius 3 is 2.43 bits per heavy atom. The number of carbonyl (C=O) groups is 2. The lowest BCUT2D eigenvalue weighted by Gasteiger charge is -2.19. The van der Waals surface area contributed by atoms with Gasteiger partial charge in [-0.1, -0.05) is 0 Å². The van der Waals surface area contributed by atoms with Gasteiger partial charge < -0.3 is 15.7 Å². The Kier molecular flexibility index (Phi) is 5.23. The van der Waals surface area contributed by atoms with Gasteiger partial charge in [0.05, 0.1) is 10.8 Å². The molecule has 0 fully saturated rings. The van der Waals surface area contributed by atoms with Crippen LogP contribution in [0.1, 0.15) is 24.2 Å². The lowest BCUT2D eigenvalue weighted by molar-refractivity contribution is -0.384. The molecular weight excluding hydrogens is 278 g/mol. The number of nitro benzene ring substituents is 1. The Morgan fingerprint density at radius 2 is 1.95 bits per heavy atom. The van der Waals surface area contributed by atoms with Gasteiger partial charge in [0, 0.05) is 24.7 Å². The number of hydrogen-bond acceptors (Lipinski definition) is 5. The summed E-state index contributed by atoms with van der Waals surface area (Å²) in [7, 11) is 1.45. The predicted octanol–water partition coefficient (Wildman–Crippen LogP) is 1.48. The fourth-order valence-corrected chi connectivity index (χ4v) is 1.68. The smallest absolute Gasteiger partial charge is 0.308 e. The molecule has 114 valence electrons. The summed E-state index contributed by atoms with van der Waals surface area (Å²) in [5.74, 6) is -2.14. The molecule has 1 aromatic rings. The summed E-state index contributed by atoms with van der Waals surface area (Å²) < 4.78 is 0. The number of amides is 1. The van der Waals surface area contributed by atoms with E-state index in [1.54, 1.807) is 6.92 Å². The molecule has 0 heterocycles. The van der Waals surface area contributed by atoms with Crippen molar-refractivity contribution in [2.24, 2.45) is 5.92 Å². The second-order valence-electron chi connectivity index (χ2n) is 4.63. The first-order valence-electron chi connectivity index (χ1n) is 6.27. The fraction of sp³-hybridized carbons (Fsp3) is 0.385. The van der Waals surface area contributed by atoms with Gasteiger partial charge in [0.25, 0.3) is 11.6 Å². The predicted molar refractivity (Wildman–Crippen MR) is 76.4 cm³/mol. The summed E-state index contributed by atoms with van der Waals surface area (Å²) in [4.78, 5) is 32.9. The van der Waals surface area contributed by atoms with Gasteiger partial charge in [0.2, 0.25) is 0 Å². The maximum absolute atomic E-state index is 11.6. The van der Waals surface area contributed by atoms with E-state index in [0.29, 0.717) is 0 Å². The molecule has 8 heteroatoms. The molecule has 0 aliphatic carbocycles. The zero-order chi connectivity index (χ0) is 16.2. The van der Waals surface area contributed by atoms with Gasteiger partial charge in [-0.15, -0.1) is 0 Å². The van der Waals surface area contributed by atoms with E-state index in [0.717, 1.165) is 0 Å². The van der Waals surface area contributed by atoms with Crippen LogP contribution in [0.2, 0.25) is 0 Å². The minimum Gasteiger partial charge on any atom is -0.481 e. The van der Waals surface area contributed by atoms with Crippen molar-refractivity contribution < 1.29 is 19.6 Å². The van der Waals surface area contributed by atoms with Crippen LogP contribution in [0, 0.1) is 16.0 Å². The maximum Gasteiger partial charge on any atom is 0.308 e. The molecule has 2 atom stereocenters. The third-order valence-electron chi connectivity index (χ3n) is 3.21. The van der Waals surface area contributed by atoms with Crippen LogP contribution in [0.15, 0.2) is 18.2 Å². The average Bonchev–Trinajstić information content (AvgIpc) is 2.44. The van der Waals surface area contributed by atoms with Gasteiger partial charge in [-0.3, -0.25) is 19.7 Å². The van der Waals surface area contributed by atoms with E-state index in [9.17, 15) is 19.7 Å². The number of aliphatic carboxylic acids is 1. The fourth-order valence-electron chi connectivity index (χ4n) is 1.68. The first-order valence-corrected chi connectivity index (χ1v) is 6.27. The van der Waals surface area contributed by atoms with E-state index in [2.05, 4.69) is 10.6 Å². The molecule has 0 radical (unpaired) electrons. The van der Waals surface area contributed by atoms with Crippen molar-refractivity contribution in [1.29, 1.82) is 0 Å². The van der Waals surface area contributed by atoms with Crippen molar-refractivity contribution in [2.45, 2.75) is 19.9 Å². The number of carboxylic acids is 1.